The van der Waals surface area contributed by atoms with Crippen LogP contribution in [0.1, 0.15) is 109 Å². The van der Waals surface area contributed by atoms with Crippen LogP contribution in [0.15, 0.2) is 23.8 Å². The molecular weight excluding hydrogens is 1090 g/mol. The summed E-state index contributed by atoms with van der Waals surface area (Å²) < 4.78 is 60.2. The molecule has 0 unspecified atom stereocenters. The minimum Gasteiger partial charge on any atom is -0.394 e. The van der Waals surface area contributed by atoms with Gasteiger partial charge in [-0.3, -0.25) is 0 Å². The van der Waals surface area contributed by atoms with Crippen LogP contribution in [-0.2, 0) is 65.6 Å². The highest BCUT2D eigenvalue weighted by atomic mass is 16.8. The predicted molar refractivity (Wildman–Crippen MR) is 286 cm³/mol. The zero-order chi connectivity index (χ0) is 59.9. The fourth-order valence-electron chi connectivity index (χ4n) is 15.7. The van der Waals surface area contributed by atoms with Gasteiger partial charge in [-0.25, -0.2) is 0 Å². The van der Waals surface area contributed by atoms with E-state index in [0.717, 1.165) is 44.9 Å². The fraction of sp³-hybridized carbons (Fsp3) is 0.864. The third-order valence-electron chi connectivity index (χ3n) is 20.8. The standard InChI is InChI=1S/C59H92O24/c1-23(22-74-53-45(69)43(67)40(64)35(20-60)79-53)8-9-28-10-11-29-18-34-32-13-12-30-19-31(14-16-58(30,6)33(32)15-17-59(34,7)37(29)24(28)2)78-57-52(83-55-47(71)42(66)39(63)26(4)76-55)49(73)51(36(21-61)80-57)82-56-48(72)44(68)50(27(5)77-56)81-54-46(70)41(65)38(62)25(3)75-54/h10-12,23,25-27,31-36,38-57,60-73H,8-9,13-22H2,1-7H3/t23-,25+,26+,27+,31+,32-,33+,34+,35-,36-,38+,39+,40-,41-,42-,43+,44+,45-,46-,47-,48-,49+,50+,51-,52-,53-,54+,55+,56+,57-,58+,59+/m1/s1. The summed E-state index contributed by atoms with van der Waals surface area (Å²) in [5.41, 5.74) is 6.61. The summed E-state index contributed by atoms with van der Waals surface area (Å²) in [6, 6.07) is 4.58. The number of aryl methyl sites for hydroxylation is 1. The molecule has 0 aromatic heterocycles. The molecule has 5 aliphatic heterocycles. The van der Waals surface area contributed by atoms with E-state index < -0.39 is 173 Å². The van der Waals surface area contributed by atoms with Crippen LogP contribution in [0.2, 0.25) is 0 Å². The molecular formula is C59H92O24. The van der Waals surface area contributed by atoms with Gasteiger partial charge in [-0.15, -0.1) is 0 Å². The molecule has 10 rings (SSSR count). The molecule has 14 N–H and O–H groups in total. The number of benzene rings is 1. The van der Waals surface area contributed by atoms with Crippen LogP contribution in [0, 0.1) is 36.0 Å². The van der Waals surface area contributed by atoms with Crippen molar-refractivity contribution >= 4 is 0 Å². The van der Waals surface area contributed by atoms with E-state index in [2.05, 4.69) is 45.9 Å². The van der Waals surface area contributed by atoms with Crippen LogP contribution >= 0.6 is 0 Å². The monoisotopic (exact) mass is 1180 g/mol. The topological polar surface area (TPSA) is 376 Å². The lowest BCUT2D eigenvalue weighted by atomic mass is 9.47. The number of rotatable bonds is 16. The van der Waals surface area contributed by atoms with E-state index in [1.54, 1.807) is 0 Å². The number of aliphatic hydroxyl groups is 14. The van der Waals surface area contributed by atoms with Crippen LogP contribution in [0.3, 0.4) is 0 Å². The summed E-state index contributed by atoms with van der Waals surface area (Å²) in [6.45, 7) is 12.6. The lowest BCUT2D eigenvalue weighted by Gasteiger charge is -2.58. The summed E-state index contributed by atoms with van der Waals surface area (Å²) in [5, 5.41) is 150. The number of allylic oxidation sites excluding steroid dienone is 1. The zero-order valence-corrected chi connectivity index (χ0v) is 48.4. The first-order chi connectivity index (χ1) is 39.3. The Morgan fingerprint density at radius 3 is 1.73 bits per heavy atom. The molecule has 1 aromatic carbocycles. The van der Waals surface area contributed by atoms with E-state index in [4.69, 9.17) is 47.4 Å². The lowest BCUT2D eigenvalue weighted by molar-refractivity contribution is -0.394. The van der Waals surface area contributed by atoms with Gasteiger partial charge in [0.15, 0.2) is 31.5 Å². The SMILES string of the molecule is Cc1c(CC[C@@H](C)CO[C@@H]2O[C@H](CO)[C@@H](O)[C@H](O)[C@H]2O)ccc2c1[C@@]1(C)CC[C@H]3[C@@H](CC=C4C[C@@H](O[C@@H]5O[C@H](CO)[C@@H](O[C@@H]6O[C@@H](C)[C@H](O[C@@H]7O[C@@H](C)[C@H](O)[C@@H](O)[C@H]7O)[C@@H](O)[C@H]6O)[C@H](O)[C@H]5O[C@@H]5O[C@@H](C)[C@H](O)[C@@H](O)[C@H]5O)CC[C@@]43C)[C@@H]1C2. The fourth-order valence-corrected chi connectivity index (χ4v) is 15.7. The van der Waals surface area contributed by atoms with Gasteiger partial charge in [-0.2, -0.15) is 0 Å². The maximum Gasteiger partial charge on any atom is 0.187 e. The number of aliphatic hydroxyl groups excluding tert-OH is 14. The summed E-state index contributed by atoms with van der Waals surface area (Å²) in [4.78, 5) is 0. The largest absolute Gasteiger partial charge is 0.394 e. The van der Waals surface area contributed by atoms with Gasteiger partial charge in [0.05, 0.1) is 44.2 Å². The maximum absolute atomic E-state index is 12.3. The Morgan fingerprint density at radius 2 is 1.10 bits per heavy atom. The average Bonchev–Trinajstić information content (AvgIpc) is 1.89. The highest BCUT2D eigenvalue weighted by molar-refractivity contribution is 5.50. The third-order valence-corrected chi connectivity index (χ3v) is 20.8. The van der Waals surface area contributed by atoms with E-state index in [9.17, 15) is 71.5 Å². The third kappa shape index (κ3) is 11.9. The number of ether oxygens (including phenoxy) is 10. The van der Waals surface area contributed by atoms with E-state index >= 15 is 0 Å². The minimum absolute atomic E-state index is 0.0161. The van der Waals surface area contributed by atoms with E-state index in [-0.39, 0.29) is 23.4 Å². The molecule has 0 spiro atoms. The van der Waals surface area contributed by atoms with Gasteiger partial charge in [-0.05, 0) is 142 Å². The molecule has 0 bridgehead atoms. The zero-order valence-electron chi connectivity index (χ0n) is 48.4. The van der Waals surface area contributed by atoms with Crippen molar-refractivity contribution in [3.63, 3.8) is 0 Å². The molecule has 9 aliphatic rings. The second-order valence-corrected chi connectivity index (χ2v) is 26.1. The summed E-state index contributed by atoms with van der Waals surface area (Å²) in [5.74, 6) is 1.36. The number of fused-ring (bicyclic) bond motifs is 7. The lowest BCUT2D eigenvalue weighted by Crippen LogP contribution is -2.67. The molecule has 24 nitrogen and oxygen atoms in total. The van der Waals surface area contributed by atoms with Crippen molar-refractivity contribution in [2.75, 3.05) is 19.8 Å². The Morgan fingerprint density at radius 1 is 0.542 bits per heavy atom. The van der Waals surface area contributed by atoms with Crippen LogP contribution in [-0.4, -0.2) is 251 Å². The summed E-state index contributed by atoms with van der Waals surface area (Å²) in [6.07, 6.45) is -27.4. The predicted octanol–water partition coefficient (Wildman–Crippen LogP) is -1.90. The van der Waals surface area contributed by atoms with Crippen LogP contribution in [0.4, 0.5) is 0 Å². The van der Waals surface area contributed by atoms with Crippen molar-refractivity contribution in [2.45, 2.75) is 271 Å². The van der Waals surface area contributed by atoms with E-state index in [1.807, 2.05) is 0 Å². The molecule has 83 heavy (non-hydrogen) atoms. The highest BCUT2D eigenvalue weighted by Gasteiger charge is 2.60. The first kappa shape index (κ1) is 64.0. The molecule has 5 heterocycles. The molecule has 5 saturated heterocycles. The van der Waals surface area contributed by atoms with E-state index in [0.29, 0.717) is 30.6 Å². The van der Waals surface area contributed by atoms with Gasteiger partial charge in [0.2, 0.25) is 0 Å². The summed E-state index contributed by atoms with van der Waals surface area (Å²) in [7, 11) is 0. The molecule has 2 saturated carbocycles. The molecule has 0 amide bonds. The Hall–Kier alpha value is -2.00. The quantitative estimate of drug-likeness (QED) is 0.0804. The molecule has 0 radical (unpaired) electrons. The Balaban J connectivity index is 0.801. The second kappa shape index (κ2) is 25.5. The van der Waals surface area contributed by atoms with Crippen molar-refractivity contribution in [3.8, 4) is 0 Å². The van der Waals surface area contributed by atoms with Crippen LogP contribution in [0.5, 0.6) is 0 Å². The van der Waals surface area contributed by atoms with Gasteiger partial charge in [-0.1, -0.05) is 44.6 Å². The summed E-state index contributed by atoms with van der Waals surface area (Å²) >= 11 is 0. The highest BCUT2D eigenvalue weighted by Crippen LogP contribution is 2.65. The van der Waals surface area contributed by atoms with Gasteiger partial charge in [0, 0.05) is 0 Å². The van der Waals surface area contributed by atoms with Gasteiger partial charge in [0.1, 0.15) is 104 Å². The molecule has 4 aliphatic carbocycles. The molecule has 32 atom stereocenters. The normalized spacial score (nSPS) is 50.4. The van der Waals surface area contributed by atoms with E-state index in [1.165, 1.54) is 48.6 Å². The smallest absolute Gasteiger partial charge is 0.187 e. The first-order valence-electron chi connectivity index (χ1n) is 30.0. The molecule has 7 fully saturated rings. The Labute approximate surface area is 483 Å². The number of hydrogen-bond donors (Lipinski definition) is 14. The van der Waals surface area contributed by atoms with Crippen molar-refractivity contribution in [1.82, 2.24) is 0 Å². The number of hydrogen-bond acceptors (Lipinski definition) is 24. The van der Waals surface area contributed by atoms with Crippen LogP contribution in [0.25, 0.3) is 0 Å². The van der Waals surface area contributed by atoms with Crippen molar-refractivity contribution in [1.29, 1.82) is 0 Å². The van der Waals surface area contributed by atoms with Crippen molar-refractivity contribution in [2.24, 2.45) is 29.1 Å². The Kier molecular flexibility index (Phi) is 19.6. The van der Waals surface area contributed by atoms with Gasteiger partial charge < -0.3 is 119 Å². The first-order valence-corrected chi connectivity index (χ1v) is 30.0. The van der Waals surface area contributed by atoms with Crippen molar-refractivity contribution in [3.05, 3.63) is 46.0 Å². The minimum atomic E-state index is -1.87. The Bertz CT molecular complexity index is 2380. The van der Waals surface area contributed by atoms with Gasteiger partial charge >= 0.3 is 0 Å². The molecule has 1 aromatic rings. The molecule has 24 heteroatoms. The van der Waals surface area contributed by atoms with Gasteiger partial charge in [0.25, 0.3) is 0 Å². The molecule has 472 valence electrons. The van der Waals surface area contributed by atoms with Crippen LogP contribution < -0.4 is 0 Å². The van der Waals surface area contributed by atoms with Crippen molar-refractivity contribution < 1.29 is 119 Å². The maximum atomic E-state index is 12.3. The average molecular weight is 1190 g/mol. The second-order valence-electron chi connectivity index (χ2n) is 26.1.